The minimum atomic E-state index is -0.592. The van der Waals surface area contributed by atoms with E-state index in [4.69, 9.17) is 18.6 Å². The third kappa shape index (κ3) is 3.06. The largest absolute Gasteiger partial charge is 0.497 e. The quantitative estimate of drug-likeness (QED) is 0.296. The van der Waals surface area contributed by atoms with Gasteiger partial charge in [-0.25, -0.2) is 0 Å². The molecular formula is C22H16O7. The molecule has 4 rings (SSSR count). The molecular weight excluding hydrogens is 376 g/mol. The summed E-state index contributed by atoms with van der Waals surface area (Å²) >= 11 is 0. The van der Waals surface area contributed by atoms with E-state index in [2.05, 4.69) is 0 Å². The fourth-order valence-electron chi connectivity index (χ4n) is 3.30. The molecule has 29 heavy (non-hydrogen) atoms. The number of hydrogen-bond acceptors (Lipinski definition) is 7. The summed E-state index contributed by atoms with van der Waals surface area (Å²) in [6.45, 7) is 2.50. The van der Waals surface area contributed by atoms with Crippen LogP contribution in [0.2, 0.25) is 0 Å². The van der Waals surface area contributed by atoms with Gasteiger partial charge in [-0.3, -0.25) is 14.4 Å². The molecule has 146 valence electrons. The molecule has 1 aromatic heterocycles. The van der Waals surface area contributed by atoms with Crippen LogP contribution in [0.1, 0.15) is 13.8 Å². The van der Waals surface area contributed by atoms with E-state index in [9.17, 15) is 14.4 Å². The van der Waals surface area contributed by atoms with Gasteiger partial charge in [-0.2, -0.15) is 0 Å². The number of esters is 2. The summed E-state index contributed by atoms with van der Waals surface area (Å²) in [7, 11) is 1.50. The average molecular weight is 392 g/mol. The van der Waals surface area contributed by atoms with Gasteiger partial charge in [0.25, 0.3) is 0 Å². The highest BCUT2D eigenvalue weighted by Crippen LogP contribution is 2.42. The fourth-order valence-corrected chi connectivity index (χ4v) is 3.30. The van der Waals surface area contributed by atoms with E-state index in [0.29, 0.717) is 16.5 Å². The molecule has 0 saturated carbocycles. The van der Waals surface area contributed by atoms with Crippen LogP contribution in [0.4, 0.5) is 0 Å². The molecule has 7 nitrogen and oxygen atoms in total. The molecule has 0 amide bonds. The molecule has 0 aliphatic carbocycles. The van der Waals surface area contributed by atoms with Gasteiger partial charge in [-0.05, 0) is 12.1 Å². The van der Waals surface area contributed by atoms with Crippen molar-refractivity contribution in [2.75, 3.05) is 7.11 Å². The highest BCUT2D eigenvalue weighted by Gasteiger charge is 2.24. The number of rotatable bonds is 3. The van der Waals surface area contributed by atoms with Crippen molar-refractivity contribution in [1.82, 2.24) is 0 Å². The molecule has 1 heterocycles. The van der Waals surface area contributed by atoms with Gasteiger partial charge >= 0.3 is 11.9 Å². The zero-order valence-electron chi connectivity index (χ0n) is 15.9. The third-order valence-corrected chi connectivity index (χ3v) is 4.44. The van der Waals surface area contributed by atoms with E-state index < -0.39 is 17.4 Å². The van der Waals surface area contributed by atoms with Crippen LogP contribution in [-0.4, -0.2) is 19.0 Å². The van der Waals surface area contributed by atoms with E-state index in [0.717, 1.165) is 0 Å². The van der Waals surface area contributed by atoms with Crippen molar-refractivity contribution in [3.8, 4) is 17.2 Å². The lowest BCUT2D eigenvalue weighted by atomic mass is 10.0. The van der Waals surface area contributed by atoms with Crippen LogP contribution < -0.4 is 19.6 Å². The molecule has 0 atom stereocenters. The number of hydrogen-bond donors (Lipinski definition) is 0. The van der Waals surface area contributed by atoms with Crippen molar-refractivity contribution in [3.63, 3.8) is 0 Å². The summed E-state index contributed by atoms with van der Waals surface area (Å²) in [5.74, 6) is -0.530. The van der Waals surface area contributed by atoms with Gasteiger partial charge in [-0.15, -0.1) is 0 Å². The van der Waals surface area contributed by atoms with Crippen LogP contribution in [0, 0.1) is 0 Å². The highest BCUT2D eigenvalue weighted by atomic mass is 16.5. The van der Waals surface area contributed by atoms with Crippen LogP contribution in [0.25, 0.3) is 32.7 Å². The number of methoxy groups -OCH3 is 1. The van der Waals surface area contributed by atoms with E-state index in [-0.39, 0.29) is 33.4 Å². The van der Waals surface area contributed by atoms with Crippen molar-refractivity contribution < 1.29 is 28.2 Å². The Labute approximate surface area is 164 Å². The van der Waals surface area contributed by atoms with Crippen LogP contribution in [0.5, 0.6) is 17.2 Å². The molecule has 0 radical (unpaired) electrons. The topological polar surface area (TPSA) is 92.0 Å². The maximum absolute atomic E-state index is 13.3. The second kappa shape index (κ2) is 6.94. The third-order valence-electron chi connectivity index (χ3n) is 4.44. The summed E-state index contributed by atoms with van der Waals surface area (Å²) in [5.41, 5.74) is -0.153. The van der Waals surface area contributed by atoms with Crippen molar-refractivity contribution in [2.45, 2.75) is 13.8 Å². The molecule has 4 aromatic rings. The highest BCUT2D eigenvalue weighted by molar-refractivity contribution is 6.12. The Morgan fingerprint density at radius 1 is 0.862 bits per heavy atom. The first-order valence-corrected chi connectivity index (χ1v) is 8.76. The van der Waals surface area contributed by atoms with Crippen molar-refractivity contribution in [2.24, 2.45) is 0 Å². The number of carbonyl (C=O) groups excluding carboxylic acids is 2. The number of fused-ring (bicyclic) bond motifs is 3. The number of benzene rings is 3. The predicted octanol–water partition coefficient (Wildman–Crippen LogP) is 3.96. The second-order valence-corrected chi connectivity index (χ2v) is 6.39. The van der Waals surface area contributed by atoms with E-state index >= 15 is 0 Å². The van der Waals surface area contributed by atoms with Crippen LogP contribution >= 0.6 is 0 Å². The predicted molar refractivity (Wildman–Crippen MR) is 107 cm³/mol. The fraction of sp³-hybridized carbons (Fsp3) is 0.136. The number of ether oxygens (including phenoxy) is 3. The monoisotopic (exact) mass is 392 g/mol. The molecule has 0 fully saturated rings. The average Bonchev–Trinajstić information content (AvgIpc) is 2.69. The molecule has 3 aromatic carbocycles. The molecule has 0 aliphatic rings. The Bertz CT molecular complexity index is 1360. The molecule has 0 bridgehead atoms. The lowest BCUT2D eigenvalue weighted by Crippen LogP contribution is -2.11. The Kier molecular flexibility index (Phi) is 4.43. The smallest absolute Gasteiger partial charge is 0.308 e. The maximum atomic E-state index is 13.3. The Morgan fingerprint density at radius 2 is 1.48 bits per heavy atom. The van der Waals surface area contributed by atoms with E-state index in [1.807, 2.05) is 0 Å². The summed E-state index contributed by atoms with van der Waals surface area (Å²) in [5, 5.41) is 1.21. The summed E-state index contributed by atoms with van der Waals surface area (Å²) in [4.78, 5) is 36.9. The van der Waals surface area contributed by atoms with Crippen molar-refractivity contribution in [1.29, 1.82) is 0 Å². The first-order valence-electron chi connectivity index (χ1n) is 8.76. The van der Waals surface area contributed by atoms with Gasteiger partial charge in [0, 0.05) is 30.7 Å². The van der Waals surface area contributed by atoms with Crippen molar-refractivity contribution in [3.05, 3.63) is 52.7 Å². The van der Waals surface area contributed by atoms with Gasteiger partial charge in [-0.1, -0.05) is 24.3 Å². The standard InChI is InChI=1S/C22H16O7/c1-11(23)27-20-14-6-4-5-7-15(14)21(28-12(2)24)22-18(20)19(25)16-9-8-13(26-3)10-17(16)29-22/h4-10H,1-3H3. The summed E-state index contributed by atoms with van der Waals surface area (Å²) in [6.07, 6.45) is 0. The zero-order chi connectivity index (χ0) is 20.7. The maximum Gasteiger partial charge on any atom is 0.308 e. The van der Waals surface area contributed by atoms with Crippen LogP contribution in [0.15, 0.2) is 51.7 Å². The Hall–Kier alpha value is -3.87. The lowest BCUT2D eigenvalue weighted by molar-refractivity contribution is -0.132. The molecule has 0 unspecified atom stereocenters. The first kappa shape index (κ1) is 18.5. The van der Waals surface area contributed by atoms with Gasteiger partial charge in [0.05, 0.1) is 12.5 Å². The van der Waals surface area contributed by atoms with Gasteiger partial charge in [0.15, 0.2) is 17.1 Å². The summed E-state index contributed by atoms with van der Waals surface area (Å²) in [6, 6.07) is 11.6. The van der Waals surface area contributed by atoms with E-state index in [1.165, 1.54) is 21.0 Å². The lowest BCUT2D eigenvalue weighted by Gasteiger charge is -2.15. The Balaban J connectivity index is 2.28. The van der Waals surface area contributed by atoms with E-state index in [1.54, 1.807) is 42.5 Å². The van der Waals surface area contributed by atoms with Gasteiger partial charge < -0.3 is 18.6 Å². The normalized spacial score (nSPS) is 11.0. The summed E-state index contributed by atoms with van der Waals surface area (Å²) < 4.78 is 22.0. The first-order chi connectivity index (χ1) is 13.9. The van der Waals surface area contributed by atoms with Crippen LogP contribution in [0.3, 0.4) is 0 Å². The molecule has 0 N–H and O–H groups in total. The molecule has 0 aliphatic heterocycles. The minimum Gasteiger partial charge on any atom is -0.497 e. The van der Waals surface area contributed by atoms with Gasteiger partial charge in [0.1, 0.15) is 16.7 Å². The minimum absolute atomic E-state index is 0.0147. The second-order valence-electron chi connectivity index (χ2n) is 6.39. The van der Waals surface area contributed by atoms with Crippen LogP contribution in [-0.2, 0) is 9.59 Å². The Morgan fingerprint density at radius 3 is 2.10 bits per heavy atom. The van der Waals surface area contributed by atoms with Crippen molar-refractivity contribution >= 4 is 44.6 Å². The number of carbonyl (C=O) groups is 2. The molecule has 0 spiro atoms. The molecule has 7 heteroatoms. The molecule has 0 saturated heterocycles. The zero-order valence-corrected chi connectivity index (χ0v) is 15.9. The van der Waals surface area contributed by atoms with Gasteiger partial charge in [0.2, 0.25) is 5.43 Å². The SMILES string of the molecule is COc1ccc2c(=O)c3c(OC(C)=O)c4ccccc4c(OC(C)=O)c3oc2c1.